The van der Waals surface area contributed by atoms with Gasteiger partial charge in [0, 0.05) is 11.0 Å². The highest BCUT2D eigenvalue weighted by Crippen LogP contribution is 2.30. The Hall–Kier alpha value is -1.87. The maximum Gasteiger partial charge on any atom is 0.122 e. The van der Waals surface area contributed by atoms with Gasteiger partial charge in [-0.3, -0.25) is 0 Å². The molecule has 1 aromatic rings. The van der Waals surface area contributed by atoms with Crippen molar-refractivity contribution in [3.05, 3.63) is 34.2 Å². The molecule has 0 aromatic heterocycles. The van der Waals surface area contributed by atoms with Gasteiger partial charge in [0.2, 0.25) is 0 Å². The summed E-state index contributed by atoms with van der Waals surface area (Å²) in [6.45, 7) is 2.05. The van der Waals surface area contributed by atoms with Gasteiger partial charge in [-0.25, -0.2) is 0 Å². The van der Waals surface area contributed by atoms with Gasteiger partial charge in [0.15, 0.2) is 0 Å². The van der Waals surface area contributed by atoms with Gasteiger partial charge in [-0.15, -0.1) is 0 Å². The SMILES string of the molecule is CCCC(N=[N+]=[N-])c1cc(OC)cc(OC)c1. The standard InChI is InChI=1S/C12H17N3O2/c1-4-5-12(14-15-13)9-6-10(16-2)8-11(7-9)17-3/h6-8,12H,4-5H2,1-3H3. The smallest absolute Gasteiger partial charge is 0.122 e. The fourth-order valence-corrected chi connectivity index (χ4v) is 1.65. The number of hydrogen-bond acceptors (Lipinski definition) is 3. The van der Waals surface area contributed by atoms with Gasteiger partial charge in [-0.05, 0) is 29.6 Å². The van der Waals surface area contributed by atoms with E-state index < -0.39 is 0 Å². The van der Waals surface area contributed by atoms with Crippen molar-refractivity contribution in [3.63, 3.8) is 0 Å². The van der Waals surface area contributed by atoms with Gasteiger partial charge < -0.3 is 9.47 Å². The summed E-state index contributed by atoms with van der Waals surface area (Å²) in [4.78, 5) is 2.89. The molecule has 1 atom stereocenters. The number of benzene rings is 1. The van der Waals surface area contributed by atoms with Gasteiger partial charge in [-0.1, -0.05) is 18.5 Å². The summed E-state index contributed by atoms with van der Waals surface area (Å²) >= 11 is 0. The van der Waals surface area contributed by atoms with Crippen LogP contribution in [0.5, 0.6) is 11.5 Å². The van der Waals surface area contributed by atoms with Crippen molar-refractivity contribution in [1.29, 1.82) is 0 Å². The predicted molar refractivity (Wildman–Crippen MR) is 66.3 cm³/mol. The van der Waals surface area contributed by atoms with Gasteiger partial charge in [0.05, 0.1) is 20.3 Å². The number of nitrogens with zero attached hydrogens (tertiary/aromatic N) is 3. The summed E-state index contributed by atoms with van der Waals surface area (Å²) in [7, 11) is 3.20. The van der Waals surface area contributed by atoms with Crippen LogP contribution in [0.15, 0.2) is 23.3 Å². The zero-order chi connectivity index (χ0) is 12.7. The molecule has 0 saturated heterocycles. The number of ether oxygens (including phenoxy) is 2. The Morgan fingerprint density at radius 1 is 1.24 bits per heavy atom. The van der Waals surface area contributed by atoms with E-state index in [2.05, 4.69) is 16.9 Å². The van der Waals surface area contributed by atoms with E-state index >= 15 is 0 Å². The van der Waals surface area contributed by atoms with Crippen LogP contribution in [0.2, 0.25) is 0 Å². The molecule has 0 aliphatic carbocycles. The van der Waals surface area contributed by atoms with Crippen LogP contribution in [0.4, 0.5) is 0 Å². The molecule has 0 spiro atoms. The molecule has 0 aliphatic rings. The lowest BCUT2D eigenvalue weighted by molar-refractivity contribution is 0.392. The van der Waals surface area contributed by atoms with Crippen molar-refractivity contribution < 1.29 is 9.47 Å². The van der Waals surface area contributed by atoms with Crippen LogP contribution in [0, 0.1) is 0 Å². The fraction of sp³-hybridized carbons (Fsp3) is 0.500. The second kappa shape index (κ2) is 6.66. The molecule has 5 nitrogen and oxygen atoms in total. The van der Waals surface area contributed by atoms with Gasteiger partial charge in [-0.2, -0.15) is 0 Å². The Labute approximate surface area is 101 Å². The molecule has 17 heavy (non-hydrogen) atoms. The normalized spacial score (nSPS) is 11.5. The minimum atomic E-state index is -0.172. The lowest BCUT2D eigenvalue weighted by Crippen LogP contribution is -1.97. The van der Waals surface area contributed by atoms with Crippen molar-refractivity contribution >= 4 is 0 Å². The molecule has 1 rings (SSSR count). The van der Waals surface area contributed by atoms with Gasteiger partial charge in [0.1, 0.15) is 11.5 Å². The lowest BCUT2D eigenvalue weighted by atomic mass is 10.0. The highest BCUT2D eigenvalue weighted by atomic mass is 16.5. The Kier molecular flexibility index (Phi) is 5.17. The number of methoxy groups -OCH3 is 2. The van der Waals surface area contributed by atoms with Crippen LogP contribution < -0.4 is 9.47 Å². The predicted octanol–water partition coefficient (Wildman–Crippen LogP) is 3.86. The highest BCUT2D eigenvalue weighted by molar-refractivity contribution is 5.39. The van der Waals surface area contributed by atoms with E-state index in [9.17, 15) is 0 Å². The van der Waals surface area contributed by atoms with E-state index in [1.807, 2.05) is 12.1 Å². The summed E-state index contributed by atoms with van der Waals surface area (Å²) in [6, 6.07) is 5.37. The molecule has 0 N–H and O–H groups in total. The third-order valence-electron chi connectivity index (χ3n) is 2.51. The third-order valence-corrected chi connectivity index (χ3v) is 2.51. The first-order valence-corrected chi connectivity index (χ1v) is 5.52. The monoisotopic (exact) mass is 235 g/mol. The molecule has 0 radical (unpaired) electrons. The molecule has 0 heterocycles. The van der Waals surface area contributed by atoms with Crippen LogP contribution in [0.25, 0.3) is 10.4 Å². The molecule has 0 aliphatic heterocycles. The lowest BCUT2D eigenvalue weighted by Gasteiger charge is -2.13. The van der Waals surface area contributed by atoms with Gasteiger partial charge in [0.25, 0.3) is 0 Å². The summed E-state index contributed by atoms with van der Waals surface area (Å²) in [6.07, 6.45) is 1.75. The van der Waals surface area contributed by atoms with Crippen LogP contribution in [0.3, 0.4) is 0 Å². The number of rotatable bonds is 6. The molecule has 5 heteroatoms. The fourth-order valence-electron chi connectivity index (χ4n) is 1.65. The Bertz CT molecular complexity index is 392. The molecule has 92 valence electrons. The van der Waals surface area contributed by atoms with Crippen molar-refractivity contribution in [2.45, 2.75) is 25.8 Å². The zero-order valence-corrected chi connectivity index (χ0v) is 10.4. The maximum atomic E-state index is 8.57. The summed E-state index contributed by atoms with van der Waals surface area (Å²) < 4.78 is 10.4. The average molecular weight is 235 g/mol. The molecule has 0 amide bonds. The molecule has 1 aromatic carbocycles. The third kappa shape index (κ3) is 3.57. The van der Waals surface area contributed by atoms with Crippen LogP contribution in [0.1, 0.15) is 31.4 Å². The minimum absolute atomic E-state index is 0.172. The highest BCUT2D eigenvalue weighted by Gasteiger charge is 2.11. The molecule has 0 fully saturated rings. The quantitative estimate of drug-likeness (QED) is 0.427. The Morgan fingerprint density at radius 2 is 1.82 bits per heavy atom. The first-order chi connectivity index (χ1) is 8.24. The first kappa shape index (κ1) is 13.2. The van der Waals surface area contributed by atoms with E-state index in [4.69, 9.17) is 15.0 Å². The van der Waals surface area contributed by atoms with E-state index in [0.29, 0.717) is 11.5 Å². The maximum absolute atomic E-state index is 8.57. The topological polar surface area (TPSA) is 67.2 Å². The van der Waals surface area contributed by atoms with E-state index in [1.165, 1.54) is 0 Å². The van der Waals surface area contributed by atoms with Crippen LogP contribution >= 0.6 is 0 Å². The zero-order valence-electron chi connectivity index (χ0n) is 10.4. The van der Waals surface area contributed by atoms with Crippen molar-refractivity contribution in [1.82, 2.24) is 0 Å². The molecule has 1 unspecified atom stereocenters. The first-order valence-electron chi connectivity index (χ1n) is 5.52. The largest absolute Gasteiger partial charge is 0.497 e. The molecule has 0 bridgehead atoms. The van der Waals surface area contributed by atoms with E-state index in [0.717, 1.165) is 18.4 Å². The molecular weight excluding hydrogens is 218 g/mol. The van der Waals surface area contributed by atoms with Crippen LogP contribution in [-0.4, -0.2) is 14.2 Å². The molecule has 0 saturated carbocycles. The van der Waals surface area contributed by atoms with Crippen molar-refractivity contribution in [2.75, 3.05) is 14.2 Å². The summed E-state index contributed by atoms with van der Waals surface area (Å²) in [5, 5.41) is 3.80. The Balaban J connectivity index is 3.12. The van der Waals surface area contributed by atoms with Gasteiger partial charge >= 0.3 is 0 Å². The second-order valence-corrected chi connectivity index (χ2v) is 3.66. The number of hydrogen-bond donors (Lipinski definition) is 0. The molecular formula is C12H17N3O2. The average Bonchev–Trinajstić information content (AvgIpc) is 2.37. The van der Waals surface area contributed by atoms with Crippen molar-refractivity contribution in [2.24, 2.45) is 5.11 Å². The number of azide groups is 1. The van der Waals surface area contributed by atoms with E-state index in [1.54, 1.807) is 20.3 Å². The van der Waals surface area contributed by atoms with Crippen LogP contribution in [-0.2, 0) is 0 Å². The Morgan fingerprint density at radius 3 is 2.24 bits per heavy atom. The van der Waals surface area contributed by atoms with Crippen molar-refractivity contribution in [3.8, 4) is 11.5 Å². The summed E-state index contributed by atoms with van der Waals surface area (Å²) in [5.41, 5.74) is 9.49. The second-order valence-electron chi connectivity index (χ2n) is 3.66. The summed E-state index contributed by atoms with van der Waals surface area (Å²) in [5.74, 6) is 1.40. The minimum Gasteiger partial charge on any atom is -0.497 e. The van der Waals surface area contributed by atoms with E-state index in [-0.39, 0.29) is 6.04 Å².